The van der Waals surface area contributed by atoms with E-state index in [2.05, 4.69) is 13.8 Å². The lowest BCUT2D eigenvalue weighted by Crippen LogP contribution is -2.59. The predicted octanol–water partition coefficient (Wildman–Crippen LogP) is 5.50. The Hall–Kier alpha value is -3.86. The average molecular weight is 570 g/mol. The molecule has 2 aromatic rings. The number of nitrogens with zero attached hydrogens (tertiary/aromatic N) is 3. The van der Waals surface area contributed by atoms with Gasteiger partial charge in [0, 0.05) is 30.1 Å². The molecule has 10 nitrogen and oxygen atoms in total. The number of carbonyl (C=O) groups is 3. The number of esters is 1. The minimum atomic E-state index is -1.02. The third kappa shape index (κ3) is 7.84. The zero-order chi connectivity index (χ0) is 29.6. The van der Waals surface area contributed by atoms with Crippen molar-refractivity contribution in [3.63, 3.8) is 0 Å². The molecule has 1 heterocycles. The van der Waals surface area contributed by atoms with E-state index in [9.17, 15) is 24.5 Å². The number of nitro groups is 1. The second-order valence-corrected chi connectivity index (χ2v) is 11.7. The molecule has 1 aliphatic rings. The van der Waals surface area contributed by atoms with Crippen molar-refractivity contribution in [2.75, 3.05) is 26.7 Å². The van der Waals surface area contributed by atoms with Crippen LogP contribution in [-0.2, 0) is 19.1 Å². The number of amides is 2. The molecule has 0 bridgehead atoms. The van der Waals surface area contributed by atoms with Crippen LogP contribution in [0.2, 0.25) is 0 Å². The number of methoxy groups -OCH3 is 1. The highest BCUT2D eigenvalue weighted by Crippen LogP contribution is 2.39. The maximum atomic E-state index is 13.1. The number of benzene rings is 2. The molecule has 1 unspecified atom stereocenters. The Morgan fingerprint density at radius 2 is 1.80 bits per heavy atom. The number of hydrogen-bond acceptors (Lipinski definition) is 8. The Labute approximate surface area is 238 Å². The smallest absolute Gasteiger partial charge is 0.410 e. The fourth-order valence-electron chi connectivity index (χ4n) is 4.18. The fraction of sp³-hybridized carbons (Fsp3) is 0.414. The molecule has 0 N–H and O–H groups in total. The molecule has 1 saturated heterocycles. The molecule has 1 aliphatic heterocycles. The minimum absolute atomic E-state index is 0.0726. The average Bonchev–Trinajstić information content (AvgIpc) is 2.90. The Kier molecular flexibility index (Phi) is 9.97. The van der Waals surface area contributed by atoms with E-state index in [1.54, 1.807) is 32.9 Å². The Balaban J connectivity index is 1.79. The summed E-state index contributed by atoms with van der Waals surface area (Å²) in [6.45, 7) is 9.57. The lowest BCUT2D eigenvalue weighted by Gasteiger charge is -2.39. The highest BCUT2D eigenvalue weighted by molar-refractivity contribution is 7.99. The monoisotopic (exact) mass is 569 g/mol. The Bertz CT molecular complexity index is 1300. The third-order valence-electron chi connectivity index (χ3n) is 6.15. The number of piperazine rings is 1. The molecule has 2 aromatic carbocycles. The number of hydrogen-bond donors (Lipinski definition) is 0. The van der Waals surface area contributed by atoms with Gasteiger partial charge in [0.05, 0.1) is 23.5 Å². The van der Waals surface area contributed by atoms with Gasteiger partial charge in [-0.05, 0) is 56.0 Å². The van der Waals surface area contributed by atoms with Gasteiger partial charge in [-0.3, -0.25) is 14.9 Å². The molecule has 2 amide bonds. The van der Waals surface area contributed by atoms with Crippen LogP contribution in [0.3, 0.4) is 0 Å². The van der Waals surface area contributed by atoms with E-state index in [0.717, 1.165) is 10.5 Å². The summed E-state index contributed by atoms with van der Waals surface area (Å²) in [6.07, 6.45) is 2.16. The van der Waals surface area contributed by atoms with Gasteiger partial charge < -0.3 is 19.3 Å². The van der Waals surface area contributed by atoms with Crippen LogP contribution in [0, 0.1) is 10.1 Å². The number of ether oxygens (including phenoxy) is 2. The second-order valence-electron chi connectivity index (χ2n) is 10.6. The number of carbonyl (C=O) groups excluding carboxylic acids is 3. The molecule has 1 fully saturated rings. The summed E-state index contributed by atoms with van der Waals surface area (Å²) in [5, 5.41) is 11.9. The summed E-state index contributed by atoms with van der Waals surface area (Å²) >= 11 is 1.33. The van der Waals surface area contributed by atoms with Gasteiger partial charge in [0.2, 0.25) is 5.91 Å². The minimum Gasteiger partial charge on any atom is -0.467 e. The predicted molar refractivity (Wildman–Crippen MR) is 152 cm³/mol. The van der Waals surface area contributed by atoms with Crippen molar-refractivity contribution < 1.29 is 28.8 Å². The van der Waals surface area contributed by atoms with Crippen molar-refractivity contribution in [2.45, 2.75) is 62.0 Å². The van der Waals surface area contributed by atoms with Gasteiger partial charge in [-0.2, -0.15) is 0 Å². The van der Waals surface area contributed by atoms with Crippen molar-refractivity contribution in [2.24, 2.45) is 0 Å². The van der Waals surface area contributed by atoms with Crippen molar-refractivity contribution in [1.82, 2.24) is 9.80 Å². The fourth-order valence-corrected chi connectivity index (χ4v) is 5.36. The van der Waals surface area contributed by atoms with Crippen LogP contribution in [0.25, 0.3) is 6.08 Å². The van der Waals surface area contributed by atoms with Gasteiger partial charge in [0.15, 0.2) is 0 Å². The largest absolute Gasteiger partial charge is 0.467 e. The summed E-state index contributed by atoms with van der Waals surface area (Å²) in [7, 11) is 1.21. The lowest BCUT2D eigenvalue weighted by atomic mass is 10.0. The van der Waals surface area contributed by atoms with Crippen LogP contribution in [0.5, 0.6) is 0 Å². The first-order chi connectivity index (χ1) is 18.8. The summed E-state index contributed by atoms with van der Waals surface area (Å²) in [5.41, 5.74) is 0.783. The summed E-state index contributed by atoms with van der Waals surface area (Å²) in [4.78, 5) is 53.7. The maximum absolute atomic E-state index is 13.1. The molecular formula is C29H35N3O7S. The van der Waals surface area contributed by atoms with Gasteiger partial charge in [-0.25, -0.2) is 9.59 Å². The standard InChI is InChI=1S/C29H35N3O7S/c1-19(2)21-9-7-8-10-24(21)40-25-13-11-20(17-22(25)32(36)37)12-14-26(33)31-16-15-30(18-23(31)27(34)38-6)28(35)39-29(3,4)5/h7-14,17,19,23H,15-16,18H2,1-6H3/b14-12+. The first-order valence-electron chi connectivity index (χ1n) is 12.9. The summed E-state index contributed by atoms with van der Waals surface area (Å²) in [5.74, 6) is -0.879. The van der Waals surface area contributed by atoms with Crippen LogP contribution < -0.4 is 0 Å². The maximum Gasteiger partial charge on any atom is 0.410 e. The lowest BCUT2D eigenvalue weighted by molar-refractivity contribution is -0.387. The number of rotatable bonds is 7. The first-order valence-corrected chi connectivity index (χ1v) is 13.7. The Morgan fingerprint density at radius 1 is 1.10 bits per heavy atom. The zero-order valence-corrected chi connectivity index (χ0v) is 24.4. The van der Waals surface area contributed by atoms with Gasteiger partial charge in [-0.15, -0.1) is 0 Å². The van der Waals surface area contributed by atoms with E-state index < -0.39 is 34.5 Å². The Morgan fingerprint density at radius 3 is 2.42 bits per heavy atom. The van der Waals surface area contributed by atoms with Crippen molar-refractivity contribution in [1.29, 1.82) is 0 Å². The van der Waals surface area contributed by atoms with E-state index in [1.165, 1.54) is 46.9 Å². The SMILES string of the molecule is COC(=O)C1CN(C(=O)OC(C)(C)C)CCN1C(=O)/C=C/c1ccc(Sc2ccccc2C(C)C)c([N+](=O)[O-])c1. The molecule has 0 aromatic heterocycles. The molecule has 214 valence electrons. The highest BCUT2D eigenvalue weighted by atomic mass is 32.2. The third-order valence-corrected chi connectivity index (χ3v) is 7.30. The first kappa shape index (κ1) is 30.7. The van der Waals surface area contributed by atoms with E-state index in [-0.39, 0.29) is 31.2 Å². The molecule has 3 rings (SSSR count). The van der Waals surface area contributed by atoms with E-state index in [1.807, 2.05) is 24.3 Å². The normalized spacial score (nSPS) is 15.8. The van der Waals surface area contributed by atoms with E-state index in [0.29, 0.717) is 10.5 Å². The van der Waals surface area contributed by atoms with Crippen LogP contribution >= 0.6 is 11.8 Å². The molecule has 11 heteroatoms. The molecular weight excluding hydrogens is 534 g/mol. The van der Waals surface area contributed by atoms with Crippen LogP contribution in [0.4, 0.5) is 10.5 Å². The van der Waals surface area contributed by atoms with E-state index >= 15 is 0 Å². The molecule has 0 radical (unpaired) electrons. The molecule has 40 heavy (non-hydrogen) atoms. The quantitative estimate of drug-likeness (QED) is 0.186. The molecule has 1 atom stereocenters. The van der Waals surface area contributed by atoms with Crippen LogP contribution in [0.1, 0.15) is 51.7 Å². The zero-order valence-electron chi connectivity index (χ0n) is 23.6. The second kappa shape index (κ2) is 13.0. The van der Waals surface area contributed by atoms with Crippen molar-refractivity contribution in [3.05, 3.63) is 69.8 Å². The van der Waals surface area contributed by atoms with Gasteiger partial charge >= 0.3 is 12.1 Å². The van der Waals surface area contributed by atoms with E-state index in [4.69, 9.17) is 9.47 Å². The van der Waals surface area contributed by atoms with Gasteiger partial charge in [0.1, 0.15) is 11.6 Å². The summed E-state index contributed by atoms with van der Waals surface area (Å²) in [6, 6.07) is 11.6. The van der Waals surface area contributed by atoms with Crippen molar-refractivity contribution >= 4 is 41.5 Å². The number of nitro benzene ring substituents is 1. The van der Waals surface area contributed by atoms with Crippen LogP contribution in [-0.4, -0.2) is 71.1 Å². The molecule has 0 spiro atoms. The summed E-state index contributed by atoms with van der Waals surface area (Å²) < 4.78 is 10.3. The highest BCUT2D eigenvalue weighted by Gasteiger charge is 2.38. The van der Waals surface area contributed by atoms with Crippen LogP contribution in [0.15, 0.2) is 58.3 Å². The topological polar surface area (TPSA) is 119 Å². The van der Waals surface area contributed by atoms with Gasteiger partial charge in [-0.1, -0.05) is 49.9 Å². The van der Waals surface area contributed by atoms with Crippen molar-refractivity contribution in [3.8, 4) is 0 Å². The van der Waals surface area contributed by atoms with Gasteiger partial charge in [0.25, 0.3) is 5.69 Å². The molecule has 0 saturated carbocycles. The molecule has 0 aliphatic carbocycles.